The van der Waals surface area contributed by atoms with Crippen molar-refractivity contribution < 1.29 is 0 Å². The van der Waals surface area contributed by atoms with Crippen molar-refractivity contribution in [2.45, 2.75) is 16.3 Å². The van der Waals surface area contributed by atoms with E-state index in [1.165, 1.54) is 11.8 Å². The zero-order valence-corrected chi connectivity index (χ0v) is 10.5. The summed E-state index contributed by atoms with van der Waals surface area (Å²) in [6.45, 7) is 1.85. The van der Waals surface area contributed by atoms with Crippen molar-refractivity contribution in [2.24, 2.45) is 12.8 Å². The van der Waals surface area contributed by atoms with Crippen molar-refractivity contribution in [3.8, 4) is 0 Å². The zero-order chi connectivity index (χ0) is 11.7. The molecule has 84 valence electrons. The topological polar surface area (TPSA) is 80.6 Å². The largest absolute Gasteiger partial charge is 0.384 e. The molecule has 2 rings (SSSR count). The number of hydrogen-bond acceptors (Lipinski definition) is 5. The number of aryl methyl sites for hydroxylation is 2. The van der Waals surface area contributed by atoms with Crippen LogP contribution in [0.3, 0.4) is 0 Å². The maximum absolute atomic E-state index is 7.55. The van der Waals surface area contributed by atoms with Crippen LogP contribution in [0.2, 0.25) is 0 Å². The maximum atomic E-state index is 7.55. The average molecular weight is 253 g/mol. The van der Waals surface area contributed by atoms with Gasteiger partial charge in [-0.25, -0.2) is 4.98 Å². The van der Waals surface area contributed by atoms with Gasteiger partial charge in [-0.15, -0.1) is 11.3 Å². The van der Waals surface area contributed by atoms with E-state index in [9.17, 15) is 0 Å². The van der Waals surface area contributed by atoms with Crippen LogP contribution in [-0.4, -0.2) is 20.6 Å². The Labute approximate surface area is 101 Å². The van der Waals surface area contributed by atoms with Gasteiger partial charge in [0.15, 0.2) is 4.34 Å². The van der Waals surface area contributed by atoms with Gasteiger partial charge in [-0.3, -0.25) is 10.1 Å². The van der Waals surface area contributed by atoms with Gasteiger partial charge in [-0.2, -0.15) is 5.10 Å². The van der Waals surface area contributed by atoms with E-state index >= 15 is 0 Å². The molecule has 0 radical (unpaired) electrons. The fraction of sp³-hybridized carbons (Fsp3) is 0.222. The second kappa shape index (κ2) is 4.26. The molecule has 0 fully saturated rings. The second-order valence-corrected chi connectivity index (χ2v) is 5.33. The fourth-order valence-corrected chi connectivity index (χ4v) is 3.18. The fourth-order valence-electron chi connectivity index (χ4n) is 1.41. The number of nitrogens with two attached hydrogens (primary N) is 1. The summed E-state index contributed by atoms with van der Waals surface area (Å²) >= 11 is 3.04. The Hall–Kier alpha value is -1.34. The predicted molar refractivity (Wildman–Crippen MR) is 65.2 cm³/mol. The van der Waals surface area contributed by atoms with E-state index in [0.29, 0.717) is 5.56 Å². The highest BCUT2D eigenvalue weighted by Gasteiger charge is 2.17. The van der Waals surface area contributed by atoms with Gasteiger partial charge in [0.1, 0.15) is 10.9 Å². The monoisotopic (exact) mass is 253 g/mol. The van der Waals surface area contributed by atoms with E-state index < -0.39 is 0 Å². The number of aromatic nitrogens is 3. The van der Waals surface area contributed by atoms with E-state index in [1.807, 2.05) is 19.4 Å². The van der Waals surface area contributed by atoms with Crippen molar-refractivity contribution in [1.29, 1.82) is 5.41 Å². The molecule has 0 saturated carbocycles. The molecule has 0 amide bonds. The molecule has 2 aromatic rings. The van der Waals surface area contributed by atoms with E-state index in [2.05, 4.69) is 10.1 Å². The molecule has 0 aliphatic rings. The minimum absolute atomic E-state index is 0.0460. The normalized spacial score (nSPS) is 10.6. The van der Waals surface area contributed by atoms with Crippen molar-refractivity contribution in [3.63, 3.8) is 0 Å². The first-order chi connectivity index (χ1) is 7.59. The highest BCUT2D eigenvalue weighted by molar-refractivity contribution is 8.01. The van der Waals surface area contributed by atoms with Gasteiger partial charge in [0.2, 0.25) is 0 Å². The summed E-state index contributed by atoms with van der Waals surface area (Å²) in [5.74, 6) is 0.0460. The van der Waals surface area contributed by atoms with Crippen LogP contribution in [0.15, 0.2) is 20.9 Å². The number of amidine groups is 1. The molecule has 0 atom stereocenters. The first kappa shape index (κ1) is 11.2. The molecule has 0 aliphatic heterocycles. The lowest BCUT2D eigenvalue weighted by atomic mass is 10.2. The van der Waals surface area contributed by atoms with Crippen LogP contribution in [0.1, 0.15) is 11.3 Å². The number of nitrogen functional groups attached to an aromatic ring is 1. The first-order valence-corrected chi connectivity index (χ1v) is 6.24. The van der Waals surface area contributed by atoms with Crippen LogP contribution in [0, 0.1) is 12.3 Å². The van der Waals surface area contributed by atoms with Gasteiger partial charge in [0.25, 0.3) is 0 Å². The van der Waals surface area contributed by atoms with Gasteiger partial charge < -0.3 is 5.73 Å². The number of rotatable bonds is 3. The molecular formula is C9H11N5S2. The standard InChI is InChI=1S/C9H11N5S2/c1-5-6(7(10)11)8(14(2)13-5)16-9-12-3-4-15-9/h3-4H,1-2H3,(H3,10,11). The Morgan fingerprint density at radius 1 is 1.62 bits per heavy atom. The lowest BCUT2D eigenvalue weighted by Crippen LogP contribution is -2.13. The maximum Gasteiger partial charge on any atom is 0.156 e. The molecule has 3 N–H and O–H groups in total. The summed E-state index contributed by atoms with van der Waals surface area (Å²) in [6.07, 6.45) is 1.75. The lowest BCUT2D eigenvalue weighted by molar-refractivity contribution is 0.692. The minimum atomic E-state index is 0.0460. The van der Waals surface area contributed by atoms with Crippen molar-refractivity contribution in [3.05, 3.63) is 22.8 Å². The van der Waals surface area contributed by atoms with Crippen molar-refractivity contribution in [1.82, 2.24) is 14.8 Å². The Morgan fingerprint density at radius 3 is 2.94 bits per heavy atom. The van der Waals surface area contributed by atoms with Crippen LogP contribution >= 0.6 is 23.1 Å². The van der Waals surface area contributed by atoms with Gasteiger partial charge in [-0.05, 0) is 18.7 Å². The molecule has 7 heteroatoms. The van der Waals surface area contributed by atoms with Crippen LogP contribution in [0.5, 0.6) is 0 Å². The molecule has 0 spiro atoms. The minimum Gasteiger partial charge on any atom is -0.384 e. The summed E-state index contributed by atoms with van der Waals surface area (Å²) < 4.78 is 2.66. The van der Waals surface area contributed by atoms with Crippen LogP contribution in [0.25, 0.3) is 0 Å². The molecule has 0 saturated heterocycles. The predicted octanol–water partition coefficient (Wildman–Crippen LogP) is 1.62. The third kappa shape index (κ3) is 1.96. The molecule has 16 heavy (non-hydrogen) atoms. The van der Waals surface area contributed by atoms with Gasteiger partial charge >= 0.3 is 0 Å². The highest BCUT2D eigenvalue weighted by atomic mass is 32.2. The second-order valence-electron chi connectivity index (χ2n) is 3.20. The molecule has 5 nitrogen and oxygen atoms in total. The van der Waals surface area contributed by atoms with Crippen LogP contribution < -0.4 is 5.73 Å². The third-order valence-electron chi connectivity index (χ3n) is 2.03. The molecule has 2 heterocycles. The zero-order valence-electron chi connectivity index (χ0n) is 8.89. The highest BCUT2D eigenvalue weighted by Crippen LogP contribution is 2.32. The van der Waals surface area contributed by atoms with Crippen molar-refractivity contribution in [2.75, 3.05) is 0 Å². The van der Waals surface area contributed by atoms with Crippen molar-refractivity contribution >= 4 is 28.9 Å². The van der Waals surface area contributed by atoms with Gasteiger partial charge in [-0.1, -0.05) is 0 Å². The molecule has 0 unspecified atom stereocenters. The molecule has 0 aliphatic carbocycles. The summed E-state index contributed by atoms with van der Waals surface area (Å²) in [5, 5.41) is 14.6. The molecule has 0 bridgehead atoms. The van der Waals surface area contributed by atoms with E-state index in [4.69, 9.17) is 11.1 Å². The van der Waals surface area contributed by atoms with E-state index in [0.717, 1.165) is 15.1 Å². The van der Waals surface area contributed by atoms with Crippen LogP contribution in [0.4, 0.5) is 0 Å². The summed E-state index contributed by atoms with van der Waals surface area (Å²) in [5.41, 5.74) is 7.03. The number of hydrogen-bond donors (Lipinski definition) is 2. The SMILES string of the molecule is Cc1nn(C)c(Sc2nccs2)c1C(=N)N. The Bertz CT molecular complexity index is 514. The van der Waals surface area contributed by atoms with Gasteiger partial charge in [0.05, 0.1) is 11.3 Å². The smallest absolute Gasteiger partial charge is 0.156 e. The number of nitrogens with one attached hydrogen (secondary N) is 1. The third-order valence-corrected chi connectivity index (χ3v) is 4.08. The Morgan fingerprint density at radius 2 is 2.38 bits per heavy atom. The molecule has 2 aromatic heterocycles. The Kier molecular flexibility index (Phi) is 2.97. The van der Waals surface area contributed by atoms with Gasteiger partial charge in [0, 0.05) is 18.6 Å². The first-order valence-electron chi connectivity index (χ1n) is 4.55. The number of thiazole rings is 1. The Balaban J connectivity index is 2.43. The van der Waals surface area contributed by atoms with E-state index in [-0.39, 0.29) is 5.84 Å². The van der Waals surface area contributed by atoms with Crippen LogP contribution in [-0.2, 0) is 7.05 Å². The molecule has 0 aromatic carbocycles. The summed E-state index contributed by atoms with van der Waals surface area (Å²) in [7, 11) is 1.84. The lowest BCUT2D eigenvalue weighted by Gasteiger charge is -2.02. The van der Waals surface area contributed by atoms with E-state index in [1.54, 1.807) is 22.2 Å². The quantitative estimate of drug-likeness (QED) is 0.643. The average Bonchev–Trinajstić information content (AvgIpc) is 2.76. The summed E-state index contributed by atoms with van der Waals surface area (Å²) in [4.78, 5) is 4.19. The summed E-state index contributed by atoms with van der Waals surface area (Å²) in [6, 6.07) is 0. The number of nitrogens with zero attached hydrogens (tertiary/aromatic N) is 3. The molecular weight excluding hydrogens is 242 g/mol.